The summed E-state index contributed by atoms with van der Waals surface area (Å²) in [7, 11) is 0. The summed E-state index contributed by atoms with van der Waals surface area (Å²) in [4.78, 5) is 0. The molecule has 2 aliphatic rings. The maximum atomic E-state index is 12.8. The number of halogens is 1. The second-order valence-electron chi connectivity index (χ2n) is 5.87. The van der Waals surface area contributed by atoms with Gasteiger partial charge in [-0.15, -0.1) is 10.2 Å². The molecule has 22 heavy (non-hydrogen) atoms. The molecule has 1 aromatic carbocycles. The summed E-state index contributed by atoms with van der Waals surface area (Å²) in [5.41, 5.74) is 0. The van der Waals surface area contributed by atoms with E-state index in [0.717, 1.165) is 10.9 Å². The number of rotatable bonds is 7. The van der Waals surface area contributed by atoms with Crippen molar-refractivity contribution in [2.24, 2.45) is 0 Å². The molecule has 0 spiro atoms. The number of hydrogen-bond donors (Lipinski definition) is 0. The van der Waals surface area contributed by atoms with Crippen molar-refractivity contribution in [3.8, 4) is 5.75 Å². The van der Waals surface area contributed by atoms with Gasteiger partial charge in [0.05, 0.1) is 6.61 Å². The zero-order valence-corrected chi connectivity index (χ0v) is 13.1. The van der Waals surface area contributed by atoms with E-state index < -0.39 is 0 Å². The van der Waals surface area contributed by atoms with Gasteiger partial charge in [0.1, 0.15) is 17.4 Å². The third-order valence-electron chi connectivity index (χ3n) is 3.94. The van der Waals surface area contributed by atoms with Gasteiger partial charge in [0.2, 0.25) is 0 Å². The SMILES string of the molecule is Fc1ccc(OCCSc2nnc(C3CC3)n2C2CC2)cc1. The van der Waals surface area contributed by atoms with Crippen molar-refractivity contribution in [1.29, 1.82) is 0 Å². The third-order valence-corrected chi connectivity index (χ3v) is 4.85. The number of thioether (sulfide) groups is 1. The zero-order chi connectivity index (χ0) is 14.9. The van der Waals surface area contributed by atoms with Crippen LogP contribution >= 0.6 is 11.8 Å². The van der Waals surface area contributed by atoms with Crippen molar-refractivity contribution in [3.05, 3.63) is 35.9 Å². The molecule has 4 nitrogen and oxygen atoms in total. The molecule has 0 unspecified atom stereocenters. The molecule has 0 saturated heterocycles. The highest BCUT2D eigenvalue weighted by molar-refractivity contribution is 7.99. The molecule has 0 N–H and O–H groups in total. The monoisotopic (exact) mass is 319 g/mol. The summed E-state index contributed by atoms with van der Waals surface area (Å²) >= 11 is 1.69. The molecule has 0 atom stereocenters. The van der Waals surface area contributed by atoms with Gasteiger partial charge in [-0.25, -0.2) is 4.39 Å². The lowest BCUT2D eigenvalue weighted by atomic mass is 10.3. The summed E-state index contributed by atoms with van der Waals surface area (Å²) < 4.78 is 20.8. The summed E-state index contributed by atoms with van der Waals surface area (Å²) in [5.74, 6) is 3.09. The van der Waals surface area contributed by atoms with Crippen LogP contribution in [0.2, 0.25) is 0 Å². The Hall–Kier alpha value is -1.56. The van der Waals surface area contributed by atoms with Crippen LogP contribution in [0.15, 0.2) is 29.4 Å². The molecule has 0 aliphatic heterocycles. The first kappa shape index (κ1) is 14.1. The van der Waals surface area contributed by atoms with E-state index in [2.05, 4.69) is 14.8 Å². The van der Waals surface area contributed by atoms with Crippen LogP contribution < -0.4 is 4.74 Å². The molecular formula is C16H18FN3OS. The Labute approximate surface area is 133 Å². The minimum absolute atomic E-state index is 0.244. The second-order valence-corrected chi connectivity index (χ2v) is 6.93. The Morgan fingerprint density at radius 3 is 2.59 bits per heavy atom. The molecule has 116 valence electrons. The van der Waals surface area contributed by atoms with Crippen LogP contribution in [0.3, 0.4) is 0 Å². The van der Waals surface area contributed by atoms with Gasteiger partial charge in [-0.1, -0.05) is 11.8 Å². The average Bonchev–Trinajstić information content (AvgIpc) is 3.44. The van der Waals surface area contributed by atoms with E-state index in [1.54, 1.807) is 23.9 Å². The second kappa shape index (κ2) is 5.91. The smallest absolute Gasteiger partial charge is 0.191 e. The molecule has 6 heteroatoms. The van der Waals surface area contributed by atoms with Gasteiger partial charge in [0.15, 0.2) is 5.16 Å². The van der Waals surface area contributed by atoms with Crippen molar-refractivity contribution in [3.63, 3.8) is 0 Å². The van der Waals surface area contributed by atoms with Crippen molar-refractivity contribution in [2.45, 2.75) is 42.8 Å². The lowest BCUT2D eigenvalue weighted by Gasteiger charge is -2.08. The fraction of sp³-hybridized carbons (Fsp3) is 0.500. The molecule has 2 fully saturated rings. The maximum absolute atomic E-state index is 12.8. The third kappa shape index (κ3) is 3.11. The first-order chi connectivity index (χ1) is 10.8. The molecule has 0 amide bonds. The average molecular weight is 319 g/mol. The summed E-state index contributed by atoms with van der Waals surface area (Å²) in [6.07, 6.45) is 5.00. The Morgan fingerprint density at radius 1 is 1.14 bits per heavy atom. The number of benzene rings is 1. The van der Waals surface area contributed by atoms with Crippen LogP contribution in [0.1, 0.15) is 43.5 Å². The Bertz CT molecular complexity index is 650. The molecule has 2 aromatic rings. The Balaban J connectivity index is 1.33. The molecule has 2 saturated carbocycles. The fourth-order valence-corrected chi connectivity index (χ4v) is 3.34. The summed E-state index contributed by atoms with van der Waals surface area (Å²) in [6, 6.07) is 6.74. The summed E-state index contributed by atoms with van der Waals surface area (Å²) in [5, 5.41) is 9.78. The van der Waals surface area contributed by atoms with Gasteiger partial charge < -0.3 is 9.30 Å². The van der Waals surface area contributed by atoms with Crippen LogP contribution in [-0.2, 0) is 0 Å². The van der Waals surface area contributed by atoms with Gasteiger partial charge in [0.25, 0.3) is 0 Å². The summed E-state index contributed by atoms with van der Waals surface area (Å²) in [6.45, 7) is 0.576. The lowest BCUT2D eigenvalue weighted by molar-refractivity contribution is 0.343. The number of hydrogen-bond acceptors (Lipinski definition) is 4. The molecule has 2 aliphatic carbocycles. The van der Waals surface area contributed by atoms with Gasteiger partial charge in [0, 0.05) is 17.7 Å². The molecule has 0 bridgehead atoms. The zero-order valence-electron chi connectivity index (χ0n) is 12.2. The van der Waals surface area contributed by atoms with E-state index in [9.17, 15) is 4.39 Å². The van der Waals surface area contributed by atoms with Crippen LogP contribution in [0, 0.1) is 5.82 Å². The maximum Gasteiger partial charge on any atom is 0.191 e. The van der Waals surface area contributed by atoms with Gasteiger partial charge in [-0.2, -0.15) is 0 Å². The number of nitrogens with zero attached hydrogens (tertiary/aromatic N) is 3. The predicted octanol–water partition coefficient (Wildman–Crippen LogP) is 3.80. The quantitative estimate of drug-likeness (QED) is 0.575. The first-order valence-electron chi connectivity index (χ1n) is 7.77. The van der Waals surface area contributed by atoms with E-state index in [0.29, 0.717) is 24.3 Å². The molecule has 1 aromatic heterocycles. The highest BCUT2D eigenvalue weighted by Gasteiger charge is 2.36. The van der Waals surface area contributed by atoms with Gasteiger partial charge in [-0.05, 0) is 49.9 Å². The van der Waals surface area contributed by atoms with Gasteiger partial charge in [-0.3, -0.25) is 0 Å². The minimum Gasteiger partial charge on any atom is -0.493 e. The van der Waals surface area contributed by atoms with Crippen LogP contribution in [0.5, 0.6) is 5.75 Å². The minimum atomic E-state index is -0.244. The van der Waals surface area contributed by atoms with Crippen molar-refractivity contribution in [2.75, 3.05) is 12.4 Å². The number of ether oxygens (including phenoxy) is 1. The Kier molecular flexibility index (Phi) is 3.78. The molecule has 0 radical (unpaired) electrons. The van der Waals surface area contributed by atoms with E-state index >= 15 is 0 Å². The van der Waals surface area contributed by atoms with Gasteiger partial charge >= 0.3 is 0 Å². The largest absolute Gasteiger partial charge is 0.493 e. The van der Waals surface area contributed by atoms with Crippen molar-refractivity contribution >= 4 is 11.8 Å². The van der Waals surface area contributed by atoms with Crippen LogP contribution in [0.25, 0.3) is 0 Å². The highest BCUT2D eigenvalue weighted by Crippen LogP contribution is 2.45. The van der Waals surface area contributed by atoms with Crippen LogP contribution in [0.4, 0.5) is 4.39 Å². The standard InChI is InChI=1S/C16H18FN3OS/c17-12-3-7-14(8-4-12)21-9-10-22-16-19-18-15(11-1-2-11)20(16)13-5-6-13/h3-4,7-8,11,13H,1-2,5-6,9-10H2. The molecule has 1 heterocycles. The lowest BCUT2D eigenvalue weighted by Crippen LogP contribution is -2.04. The molecular weight excluding hydrogens is 301 g/mol. The van der Waals surface area contributed by atoms with Crippen molar-refractivity contribution < 1.29 is 9.13 Å². The highest BCUT2D eigenvalue weighted by atomic mass is 32.2. The van der Waals surface area contributed by atoms with E-state index in [1.165, 1.54) is 43.6 Å². The normalized spacial score (nSPS) is 17.7. The van der Waals surface area contributed by atoms with Crippen LogP contribution in [-0.4, -0.2) is 27.1 Å². The van der Waals surface area contributed by atoms with E-state index in [4.69, 9.17) is 4.74 Å². The molecule has 4 rings (SSSR count). The fourth-order valence-electron chi connectivity index (χ4n) is 2.51. The van der Waals surface area contributed by atoms with E-state index in [-0.39, 0.29) is 5.82 Å². The van der Waals surface area contributed by atoms with E-state index in [1.807, 2.05) is 0 Å². The Morgan fingerprint density at radius 2 is 1.91 bits per heavy atom. The predicted molar refractivity (Wildman–Crippen MR) is 82.9 cm³/mol. The first-order valence-corrected chi connectivity index (χ1v) is 8.76. The topological polar surface area (TPSA) is 39.9 Å². The number of aromatic nitrogens is 3. The van der Waals surface area contributed by atoms with Crippen molar-refractivity contribution in [1.82, 2.24) is 14.8 Å².